The van der Waals surface area contributed by atoms with E-state index in [0.29, 0.717) is 11.8 Å². The molecule has 9 heteroatoms. The van der Waals surface area contributed by atoms with Gasteiger partial charge in [-0.3, -0.25) is 25.7 Å². The standard InChI is InChI=1S/C17H15IN4O4/c18-16-12-6-4-7-10(12)15-14(16)11(6)13(7)17(15)20-19-8-2-1-5(21(23)24)3-9(8)22(25)26/h1-3,6-7,10-16,19H,4H2/b20-17+/t6-,7+,10+,11+,12-,13-,14-,15+,16+/m1/s1. The number of hydrogen-bond acceptors (Lipinski definition) is 6. The third kappa shape index (κ3) is 1.55. The summed E-state index contributed by atoms with van der Waals surface area (Å²) in [6, 6.07) is 3.65. The summed E-state index contributed by atoms with van der Waals surface area (Å²) in [6.45, 7) is 0. The molecule has 7 rings (SSSR count). The number of non-ortho nitro benzene ring substituents is 1. The van der Waals surface area contributed by atoms with Crippen LogP contribution in [0.2, 0.25) is 0 Å². The van der Waals surface area contributed by atoms with Crippen molar-refractivity contribution < 1.29 is 9.85 Å². The molecule has 9 atom stereocenters. The minimum atomic E-state index is -0.626. The van der Waals surface area contributed by atoms with Crippen LogP contribution in [0.1, 0.15) is 6.42 Å². The van der Waals surface area contributed by atoms with E-state index in [4.69, 9.17) is 0 Å². The van der Waals surface area contributed by atoms with Crippen LogP contribution in [0.5, 0.6) is 0 Å². The Morgan fingerprint density at radius 3 is 2.50 bits per heavy atom. The van der Waals surface area contributed by atoms with Crippen molar-refractivity contribution >= 4 is 45.4 Å². The van der Waals surface area contributed by atoms with E-state index in [1.807, 2.05) is 0 Å². The molecule has 26 heavy (non-hydrogen) atoms. The Kier molecular flexibility index (Phi) is 2.78. The summed E-state index contributed by atoms with van der Waals surface area (Å²) in [4.78, 5) is 20.9. The van der Waals surface area contributed by atoms with E-state index in [-0.39, 0.29) is 17.1 Å². The van der Waals surface area contributed by atoms with Gasteiger partial charge in [0.1, 0.15) is 5.69 Å². The molecule has 1 N–H and O–H groups in total. The highest BCUT2D eigenvalue weighted by Crippen LogP contribution is 2.82. The van der Waals surface area contributed by atoms with Gasteiger partial charge >= 0.3 is 5.69 Å². The molecule has 0 spiro atoms. The van der Waals surface area contributed by atoms with E-state index in [0.717, 1.165) is 45.5 Å². The first kappa shape index (κ1) is 15.3. The first-order chi connectivity index (χ1) is 12.5. The lowest BCUT2D eigenvalue weighted by molar-refractivity contribution is -0.393. The van der Waals surface area contributed by atoms with Gasteiger partial charge in [-0.2, -0.15) is 5.10 Å². The van der Waals surface area contributed by atoms with Crippen molar-refractivity contribution in [2.24, 2.45) is 52.4 Å². The van der Waals surface area contributed by atoms with E-state index in [1.54, 1.807) is 0 Å². The molecule has 0 radical (unpaired) electrons. The number of nitro groups is 2. The average molecular weight is 466 g/mol. The SMILES string of the molecule is O=[N+]([O-])c1ccc(N/N=C2\[C@@H]3[C@H]4C[C@H]5[C@H]6[C@H](I)[C@@H]([C@@H]2[C@@H]46)[C@@H]53)c([N+](=O)[O-])c1. The average Bonchev–Trinajstić information content (AvgIpc) is 3.35. The van der Waals surface area contributed by atoms with Crippen molar-refractivity contribution in [3.05, 3.63) is 38.4 Å². The second kappa shape index (κ2) is 4.73. The molecule has 1 aromatic rings. The van der Waals surface area contributed by atoms with Crippen LogP contribution in [0.25, 0.3) is 0 Å². The number of rotatable bonds is 4. The Balaban J connectivity index is 1.35. The molecule has 8 nitrogen and oxygen atoms in total. The summed E-state index contributed by atoms with van der Waals surface area (Å²) in [5, 5.41) is 26.8. The van der Waals surface area contributed by atoms with E-state index < -0.39 is 9.85 Å². The number of benzene rings is 1. The van der Waals surface area contributed by atoms with Crippen molar-refractivity contribution in [2.75, 3.05) is 5.43 Å². The topological polar surface area (TPSA) is 111 Å². The van der Waals surface area contributed by atoms with E-state index >= 15 is 0 Å². The van der Waals surface area contributed by atoms with Gasteiger partial charge in [0.25, 0.3) is 5.69 Å². The first-order valence-electron chi connectivity index (χ1n) is 8.89. The van der Waals surface area contributed by atoms with Crippen molar-refractivity contribution in [1.29, 1.82) is 0 Å². The number of hydrogen-bond donors (Lipinski definition) is 1. The molecular weight excluding hydrogens is 451 g/mol. The van der Waals surface area contributed by atoms with Crippen LogP contribution < -0.4 is 5.43 Å². The normalized spacial score (nSPS) is 46.8. The highest BCUT2D eigenvalue weighted by atomic mass is 127. The fourth-order valence-electron chi connectivity index (χ4n) is 7.38. The van der Waals surface area contributed by atoms with E-state index in [1.165, 1.54) is 24.3 Å². The van der Waals surface area contributed by atoms with Crippen LogP contribution in [0.3, 0.4) is 0 Å². The second-order valence-electron chi connectivity index (χ2n) is 8.23. The smallest absolute Gasteiger partial charge is 0.272 e. The zero-order chi connectivity index (χ0) is 17.9. The predicted molar refractivity (Wildman–Crippen MR) is 101 cm³/mol. The van der Waals surface area contributed by atoms with Gasteiger partial charge in [0, 0.05) is 27.5 Å². The molecule has 134 valence electrons. The summed E-state index contributed by atoms with van der Waals surface area (Å²) in [5.41, 5.74) is 3.72. The summed E-state index contributed by atoms with van der Waals surface area (Å²) in [7, 11) is 0. The maximum absolute atomic E-state index is 11.3. The van der Waals surface area contributed by atoms with E-state index in [2.05, 4.69) is 33.1 Å². The number of anilines is 1. The summed E-state index contributed by atoms with van der Waals surface area (Å²) in [5.74, 6) is 5.89. The minimum absolute atomic E-state index is 0.220. The fraction of sp³-hybridized carbons (Fsp3) is 0.588. The Hall–Kier alpha value is -1.78. The number of nitro benzene ring substituents is 2. The van der Waals surface area contributed by atoms with Crippen molar-refractivity contribution in [1.82, 2.24) is 0 Å². The minimum Gasteiger partial charge on any atom is -0.272 e. The van der Waals surface area contributed by atoms with Gasteiger partial charge in [-0.05, 0) is 48.0 Å². The molecule has 6 bridgehead atoms. The molecule has 0 aliphatic heterocycles. The van der Waals surface area contributed by atoms with Gasteiger partial charge in [0.05, 0.1) is 15.9 Å². The Morgan fingerprint density at radius 2 is 1.81 bits per heavy atom. The molecule has 0 unspecified atom stereocenters. The molecule has 6 saturated carbocycles. The monoisotopic (exact) mass is 466 g/mol. The van der Waals surface area contributed by atoms with Gasteiger partial charge in [-0.15, -0.1) is 0 Å². The van der Waals surface area contributed by atoms with Crippen LogP contribution >= 0.6 is 22.6 Å². The Bertz CT molecular complexity index is 918. The lowest BCUT2D eigenvalue weighted by Gasteiger charge is -2.32. The molecule has 6 fully saturated rings. The number of halogens is 1. The number of nitrogens with zero attached hydrogens (tertiary/aromatic N) is 3. The van der Waals surface area contributed by atoms with Gasteiger partial charge in [-0.25, -0.2) is 0 Å². The Labute approximate surface area is 161 Å². The number of nitrogens with one attached hydrogen (secondary N) is 1. The summed E-state index contributed by atoms with van der Waals surface area (Å²) < 4.78 is 0.758. The fourth-order valence-corrected chi connectivity index (χ4v) is 9.32. The zero-order valence-corrected chi connectivity index (χ0v) is 15.6. The van der Waals surface area contributed by atoms with Gasteiger partial charge < -0.3 is 0 Å². The Morgan fingerprint density at radius 1 is 1.04 bits per heavy atom. The second-order valence-corrected chi connectivity index (χ2v) is 9.67. The number of alkyl halides is 1. The number of hydrazone groups is 1. The molecule has 0 heterocycles. The lowest BCUT2D eigenvalue weighted by atomic mass is 9.71. The molecule has 1 aromatic carbocycles. The molecular formula is C17H15IN4O4. The van der Waals surface area contributed by atoms with Crippen LogP contribution in [0.15, 0.2) is 23.3 Å². The summed E-state index contributed by atoms with van der Waals surface area (Å²) >= 11 is 2.65. The quantitative estimate of drug-likeness (QED) is 0.316. The van der Waals surface area contributed by atoms with Crippen LogP contribution in [0.4, 0.5) is 17.1 Å². The maximum atomic E-state index is 11.3. The van der Waals surface area contributed by atoms with Crippen molar-refractivity contribution in [3.63, 3.8) is 0 Å². The van der Waals surface area contributed by atoms with Crippen LogP contribution in [-0.4, -0.2) is 19.5 Å². The molecule has 6 aliphatic rings. The predicted octanol–water partition coefficient (Wildman–Crippen LogP) is 3.46. The molecule has 0 saturated heterocycles. The largest absolute Gasteiger partial charge is 0.301 e. The first-order valence-corrected chi connectivity index (χ1v) is 10.1. The molecule has 0 aromatic heterocycles. The van der Waals surface area contributed by atoms with Crippen molar-refractivity contribution in [3.8, 4) is 0 Å². The van der Waals surface area contributed by atoms with Crippen LogP contribution in [0, 0.1) is 67.6 Å². The van der Waals surface area contributed by atoms with Gasteiger partial charge in [0.2, 0.25) is 0 Å². The lowest BCUT2D eigenvalue weighted by Crippen LogP contribution is -2.30. The van der Waals surface area contributed by atoms with Gasteiger partial charge in [-0.1, -0.05) is 22.6 Å². The van der Waals surface area contributed by atoms with E-state index in [9.17, 15) is 20.2 Å². The highest BCUT2D eigenvalue weighted by molar-refractivity contribution is 14.1. The summed E-state index contributed by atoms with van der Waals surface area (Å²) in [6.07, 6.45) is 1.34. The van der Waals surface area contributed by atoms with Crippen LogP contribution in [-0.2, 0) is 0 Å². The third-order valence-corrected chi connectivity index (χ3v) is 9.40. The highest BCUT2D eigenvalue weighted by Gasteiger charge is 2.82. The molecule has 0 amide bonds. The maximum Gasteiger partial charge on any atom is 0.301 e. The molecule has 6 aliphatic carbocycles. The van der Waals surface area contributed by atoms with Gasteiger partial charge in [0.15, 0.2) is 0 Å². The third-order valence-electron chi connectivity index (χ3n) is 7.73. The van der Waals surface area contributed by atoms with Crippen molar-refractivity contribution in [2.45, 2.75) is 10.3 Å². The zero-order valence-electron chi connectivity index (χ0n) is 13.5.